The van der Waals surface area contributed by atoms with Gasteiger partial charge in [0.05, 0.1) is 0 Å². The van der Waals surface area contributed by atoms with Gasteiger partial charge in [-0.1, -0.05) is 42.5 Å². The lowest BCUT2D eigenvalue weighted by Gasteiger charge is -2.15. The van der Waals surface area contributed by atoms with E-state index in [1.165, 1.54) is 0 Å². The number of aromatic nitrogens is 2. The number of hydrogen-bond donors (Lipinski definition) is 2. The molecule has 2 N–H and O–H groups in total. The first-order valence-corrected chi connectivity index (χ1v) is 7.83. The maximum Gasteiger partial charge on any atom is 0.330 e. The summed E-state index contributed by atoms with van der Waals surface area (Å²) in [7, 11) is 0. The number of para-hydroxylation sites is 1. The number of aliphatic carboxylic acids is 1. The second-order valence-electron chi connectivity index (χ2n) is 5.72. The molecule has 0 amide bonds. The second-order valence-corrected chi connectivity index (χ2v) is 5.72. The lowest BCUT2D eigenvalue weighted by atomic mass is 10.1. The van der Waals surface area contributed by atoms with Gasteiger partial charge >= 0.3 is 5.97 Å². The molecule has 0 aliphatic rings. The molecule has 2 aromatic heterocycles. The maximum atomic E-state index is 11.8. The number of carboxylic acid groups (broad SMARTS) is 1. The molecule has 2 heterocycles. The Labute approximate surface area is 143 Å². The summed E-state index contributed by atoms with van der Waals surface area (Å²) in [5, 5.41) is 13.5. The SMILES string of the molecule is Cc1nc(N[C@H](C(=O)O)c2ccccc2)c2oc3ccccc3c2n1. The maximum absolute atomic E-state index is 11.8. The van der Waals surface area contributed by atoms with Crippen molar-refractivity contribution in [2.24, 2.45) is 0 Å². The van der Waals surface area contributed by atoms with E-state index in [-0.39, 0.29) is 0 Å². The molecule has 6 nitrogen and oxygen atoms in total. The van der Waals surface area contributed by atoms with Gasteiger partial charge in [0.25, 0.3) is 0 Å². The number of fused-ring (bicyclic) bond motifs is 3. The lowest BCUT2D eigenvalue weighted by molar-refractivity contribution is -0.138. The number of carbonyl (C=O) groups is 1. The minimum absolute atomic E-state index is 0.370. The van der Waals surface area contributed by atoms with E-state index in [0.29, 0.717) is 33.9 Å². The number of hydrogen-bond acceptors (Lipinski definition) is 5. The van der Waals surface area contributed by atoms with Gasteiger partial charge in [0, 0.05) is 5.39 Å². The number of aryl methyl sites for hydroxylation is 1. The van der Waals surface area contributed by atoms with E-state index in [1.54, 1.807) is 31.2 Å². The van der Waals surface area contributed by atoms with Gasteiger partial charge in [0.15, 0.2) is 17.4 Å². The fourth-order valence-electron chi connectivity index (χ4n) is 2.87. The van der Waals surface area contributed by atoms with Crippen LogP contribution in [0.15, 0.2) is 59.0 Å². The van der Waals surface area contributed by atoms with Crippen LogP contribution in [0, 0.1) is 6.92 Å². The first-order valence-electron chi connectivity index (χ1n) is 7.83. The number of nitrogens with zero attached hydrogens (tertiary/aromatic N) is 2. The smallest absolute Gasteiger partial charge is 0.330 e. The van der Waals surface area contributed by atoms with E-state index in [4.69, 9.17) is 4.42 Å². The number of rotatable bonds is 4. The molecule has 0 aliphatic heterocycles. The van der Waals surface area contributed by atoms with Crippen molar-refractivity contribution in [2.75, 3.05) is 5.32 Å². The largest absolute Gasteiger partial charge is 0.479 e. The van der Waals surface area contributed by atoms with E-state index in [2.05, 4.69) is 15.3 Å². The third-order valence-corrected chi connectivity index (χ3v) is 3.99. The molecule has 0 fully saturated rings. The number of nitrogens with one attached hydrogen (secondary N) is 1. The second kappa shape index (κ2) is 5.90. The highest BCUT2D eigenvalue weighted by Crippen LogP contribution is 2.32. The molecule has 0 saturated heterocycles. The highest BCUT2D eigenvalue weighted by Gasteiger charge is 2.23. The molecule has 2 aromatic carbocycles. The Kier molecular flexibility index (Phi) is 3.57. The fourth-order valence-corrected chi connectivity index (χ4v) is 2.87. The summed E-state index contributed by atoms with van der Waals surface area (Å²) in [4.78, 5) is 20.6. The molecule has 1 atom stereocenters. The molecular weight excluding hydrogens is 318 g/mol. The average Bonchev–Trinajstić information content (AvgIpc) is 2.99. The fraction of sp³-hybridized carbons (Fsp3) is 0.105. The zero-order valence-corrected chi connectivity index (χ0v) is 13.4. The Bertz CT molecular complexity index is 1070. The van der Waals surface area contributed by atoms with E-state index in [0.717, 1.165) is 5.39 Å². The zero-order valence-electron chi connectivity index (χ0n) is 13.4. The molecule has 6 heteroatoms. The van der Waals surface area contributed by atoms with Crippen molar-refractivity contribution in [3.63, 3.8) is 0 Å². The quantitative estimate of drug-likeness (QED) is 0.588. The first kappa shape index (κ1) is 15.1. The summed E-state index contributed by atoms with van der Waals surface area (Å²) in [5.74, 6) is -0.0829. The Morgan fingerprint density at radius 3 is 2.56 bits per heavy atom. The van der Waals surface area contributed by atoms with E-state index < -0.39 is 12.0 Å². The van der Waals surface area contributed by atoms with Gasteiger partial charge in [-0.2, -0.15) is 0 Å². The molecule has 0 radical (unpaired) electrons. The Morgan fingerprint density at radius 1 is 1.08 bits per heavy atom. The molecular formula is C19H15N3O3. The molecule has 124 valence electrons. The van der Waals surface area contributed by atoms with Gasteiger partial charge in [-0.25, -0.2) is 14.8 Å². The summed E-state index contributed by atoms with van der Waals surface area (Å²) in [6.07, 6.45) is 0. The summed E-state index contributed by atoms with van der Waals surface area (Å²) < 4.78 is 5.87. The van der Waals surface area contributed by atoms with Crippen LogP contribution < -0.4 is 5.32 Å². The predicted molar refractivity (Wildman–Crippen MR) is 94.5 cm³/mol. The van der Waals surface area contributed by atoms with Gasteiger partial charge < -0.3 is 14.8 Å². The van der Waals surface area contributed by atoms with Gasteiger partial charge in [0.2, 0.25) is 0 Å². The average molecular weight is 333 g/mol. The number of carboxylic acids is 1. The predicted octanol–water partition coefficient (Wildman–Crippen LogP) is 3.92. The van der Waals surface area contributed by atoms with Crippen LogP contribution >= 0.6 is 0 Å². The third kappa shape index (κ3) is 2.67. The molecule has 4 rings (SSSR count). The molecule has 4 aromatic rings. The van der Waals surface area contributed by atoms with Crippen molar-refractivity contribution in [3.8, 4) is 0 Å². The van der Waals surface area contributed by atoms with Crippen molar-refractivity contribution in [1.29, 1.82) is 0 Å². The van der Waals surface area contributed by atoms with Gasteiger partial charge in [-0.15, -0.1) is 0 Å². The van der Waals surface area contributed by atoms with Gasteiger partial charge in [-0.05, 0) is 24.6 Å². The van der Waals surface area contributed by atoms with Crippen molar-refractivity contribution in [2.45, 2.75) is 13.0 Å². The van der Waals surface area contributed by atoms with Crippen LogP contribution in [0.1, 0.15) is 17.4 Å². The highest BCUT2D eigenvalue weighted by atomic mass is 16.4. The molecule has 0 unspecified atom stereocenters. The highest BCUT2D eigenvalue weighted by molar-refractivity contribution is 6.05. The summed E-state index contributed by atoms with van der Waals surface area (Å²) >= 11 is 0. The van der Waals surface area contributed by atoms with Crippen LogP contribution in [0.5, 0.6) is 0 Å². The van der Waals surface area contributed by atoms with Crippen molar-refractivity contribution >= 4 is 33.9 Å². The van der Waals surface area contributed by atoms with Crippen LogP contribution in [0.4, 0.5) is 5.82 Å². The topological polar surface area (TPSA) is 88.2 Å². The van der Waals surface area contributed by atoms with Crippen molar-refractivity contribution in [3.05, 3.63) is 66.0 Å². The minimum Gasteiger partial charge on any atom is -0.479 e. The number of anilines is 1. The molecule has 25 heavy (non-hydrogen) atoms. The molecule has 0 saturated carbocycles. The Morgan fingerprint density at radius 2 is 1.80 bits per heavy atom. The monoisotopic (exact) mass is 333 g/mol. The summed E-state index contributed by atoms with van der Waals surface area (Å²) in [5.41, 5.74) is 2.44. The van der Waals surface area contributed by atoms with E-state index in [9.17, 15) is 9.90 Å². The normalized spacial score (nSPS) is 12.4. The molecule has 0 bridgehead atoms. The van der Waals surface area contributed by atoms with Crippen molar-refractivity contribution in [1.82, 2.24) is 9.97 Å². The van der Waals surface area contributed by atoms with E-state index >= 15 is 0 Å². The third-order valence-electron chi connectivity index (χ3n) is 3.99. The summed E-state index contributed by atoms with van der Waals surface area (Å²) in [6.45, 7) is 1.77. The van der Waals surface area contributed by atoms with Crippen LogP contribution in [-0.4, -0.2) is 21.0 Å². The van der Waals surface area contributed by atoms with Crippen LogP contribution in [-0.2, 0) is 4.79 Å². The van der Waals surface area contributed by atoms with Gasteiger partial charge in [0.1, 0.15) is 16.9 Å². The number of benzene rings is 2. The molecule has 0 aliphatic carbocycles. The standard InChI is InChI=1S/C19H15N3O3/c1-11-20-16-13-9-5-6-10-14(13)25-17(16)18(21-11)22-15(19(23)24)12-7-3-2-4-8-12/h2-10,15H,1H3,(H,23,24)(H,20,21,22)/t15-/m0/s1. The zero-order chi connectivity index (χ0) is 17.4. The van der Waals surface area contributed by atoms with E-state index in [1.807, 2.05) is 30.3 Å². The Balaban J connectivity index is 1.87. The minimum atomic E-state index is -0.994. The summed E-state index contributed by atoms with van der Waals surface area (Å²) in [6, 6.07) is 15.6. The van der Waals surface area contributed by atoms with Gasteiger partial charge in [-0.3, -0.25) is 0 Å². The molecule has 0 spiro atoms. The van der Waals surface area contributed by atoms with Crippen LogP contribution in [0.2, 0.25) is 0 Å². The first-order chi connectivity index (χ1) is 12.1. The Hall–Kier alpha value is -3.41. The van der Waals surface area contributed by atoms with Crippen LogP contribution in [0.3, 0.4) is 0 Å². The van der Waals surface area contributed by atoms with Crippen molar-refractivity contribution < 1.29 is 14.3 Å². The van der Waals surface area contributed by atoms with Crippen LogP contribution in [0.25, 0.3) is 22.1 Å². The number of furan rings is 1. The lowest BCUT2D eigenvalue weighted by Crippen LogP contribution is -2.21.